The number of imidazole rings is 1. The summed E-state index contributed by atoms with van der Waals surface area (Å²) in [4.78, 5) is 17.0. The van der Waals surface area contributed by atoms with Crippen molar-refractivity contribution in [2.75, 3.05) is 5.32 Å². The molecule has 7 nitrogen and oxygen atoms in total. The first kappa shape index (κ1) is 25.2. The second-order valence-electron chi connectivity index (χ2n) is 9.41. The van der Waals surface area contributed by atoms with Crippen LogP contribution < -0.4 is 11.1 Å². The fraction of sp³-hybridized carbons (Fsp3) is 0.259. The van der Waals surface area contributed by atoms with Crippen molar-refractivity contribution in [2.45, 2.75) is 46.0 Å². The molecule has 4 aromatic rings. The molecule has 36 heavy (non-hydrogen) atoms. The minimum Gasteiger partial charge on any atom is -0.405 e. The molecule has 9 heteroatoms. The maximum absolute atomic E-state index is 15.0. The average Bonchev–Trinajstić information content (AvgIpc) is 3.47. The van der Waals surface area contributed by atoms with E-state index < -0.39 is 5.82 Å². The van der Waals surface area contributed by atoms with Crippen molar-refractivity contribution in [3.05, 3.63) is 83.0 Å². The average molecular weight is 505 g/mol. The number of carbonyl (C=O) groups excluding carboxylic acids is 1. The summed E-state index contributed by atoms with van der Waals surface area (Å²) in [5, 5.41) is 12.1. The Morgan fingerprint density at radius 2 is 2.03 bits per heavy atom. The number of rotatable bonds is 7. The Labute approximate surface area is 213 Å². The summed E-state index contributed by atoms with van der Waals surface area (Å²) in [5.41, 5.74) is 9.92. The summed E-state index contributed by atoms with van der Waals surface area (Å²) in [6, 6.07) is 8.81. The number of amides is 1. The predicted octanol–water partition coefficient (Wildman–Crippen LogP) is 5.74. The van der Waals surface area contributed by atoms with Gasteiger partial charge in [-0.15, -0.1) is 10.2 Å². The Hall–Kier alpha value is -3.85. The van der Waals surface area contributed by atoms with Gasteiger partial charge >= 0.3 is 0 Å². The lowest BCUT2D eigenvalue weighted by molar-refractivity contribution is -0.115. The third-order valence-electron chi connectivity index (χ3n) is 5.56. The zero-order valence-corrected chi connectivity index (χ0v) is 21.6. The third-order valence-corrected chi connectivity index (χ3v) is 6.82. The van der Waals surface area contributed by atoms with Gasteiger partial charge in [0.15, 0.2) is 0 Å². The summed E-state index contributed by atoms with van der Waals surface area (Å²) >= 11 is 1.32. The van der Waals surface area contributed by atoms with Gasteiger partial charge in [0.2, 0.25) is 11.0 Å². The van der Waals surface area contributed by atoms with Gasteiger partial charge in [-0.2, -0.15) is 0 Å². The van der Waals surface area contributed by atoms with Gasteiger partial charge in [-0.1, -0.05) is 57.2 Å². The van der Waals surface area contributed by atoms with Crippen LogP contribution in [-0.4, -0.2) is 25.5 Å². The Bertz CT molecular complexity index is 1460. The van der Waals surface area contributed by atoms with Crippen molar-refractivity contribution in [1.82, 2.24) is 19.6 Å². The van der Waals surface area contributed by atoms with Gasteiger partial charge in [-0.05, 0) is 53.6 Å². The van der Waals surface area contributed by atoms with Crippen LogP contribution in [0.1, 0.15) is 50.3 Å². The van der Waals surface area contributed by atoms with E-state index >= 15 is 0 Å². The van der Waals surface area contributed by atoms with Gasteiger partial charge < -0.3 is 11.1 Å². The Kier molecular flexibility index (Phi) is 7.30. The molecule has 0 atom stereocenters. The van der Waals surface area contributed by atoms with Crippen LogP contribution in [0, 0.1) is 5.82 Å². The number of anilines is 1. The summed E-state index contributed by atoms with van der Waals surface area (Å²) in [7, 11) is 0. The van der Waals surface area contributed by atoms with E-state index in [0.717, 1.165) is 33.9 Å². The third kappa shape index (κ3) is 5.52. The van der Waals surface area contributed by atoms with Crippen LogP contribution >= 0.6 is 11.3 Å². The molecule has 0 fully saturated rings. The number of fused-ring (bicyclic) bond motifs is 1. The Morgan fingerprint density at radius 1 is 1.22 bits per heavy atom. The van der Waals surface area contributed by atoms with Gasteiger partial charge in [-0.3, -0.25) is 9.20 Å². The molecule has 0 spiro atoms. The number of carbonyl (C=O) groups is 1. The van der Waals surface area contributed by atoms with Crippen LogP contribution in [0.5, 0.6) is 0 Å². The molecule has 0 unspecified atom stereocenters. The number of benzene rings is 1. The first-order chi connectivity index (χ1) is 17.2. The largest absolute Gasteiger partial charge is 0.405 e. The lowest BCUT2D eigenvalue weighted by atomic mass is 9.98. The normalized spacial score (nSPS) is 12.5. The van der Waals surface area contributed by atoms with E-state index in [1.54, 1.807) is 18.3 Å². The Balaban J connectivity index is 1.52. The number of halogens is 1. The molecule has 0 bridgehead atoms. The van der Waals surface area contributed by atoms with E-state index in [1.807, 2.05) is 49.6 Å². The van der Waals surface area contributed by atoms with Crippen molar-refractivity contribution < 1.29 is 9.18 Å². The molecule has 4 rings (SSSR count). The standard InChI is InChI=1S/C27H29FN6OS/c1-5-6-17(9-11-29)18-10-12-34-22(16-30-23(34)14-18)20-8-7-19(21(28)13-20)15-24(35)31-26-33-32-25(36-26)27(2,3)4/h6-14,16H,5,15,29H2,1-4H3,(H,31,33,35)/b11-9-,17-6+. The van der Waals surface area contributed by atoms with Gasteiger partial charge in [0.05, 0.1) is 18.3 Å². The monoisotopic (exact) mass is 504 g/mol. The molecular formula is C27H29FN6OS. The molecule has 1 aromatic carbocycles. The van der Waals surface area contributed by atoms with Gasteiger partial charge in [0, 0.05) is 17.2 Å². The molecule has 0 saturated carbocycles. The molecule has 3 heterocycles. The predicted molar refractivity (Wildman–Crippen MR) is 143 cm³/mol. The van der Waals surface area contributed by atoms with Gasteiger partial charge in [0.25, 0.3) is 0 Å². The summed E-state index contributed by atoms with van der Waals surface area (Å²) in [5.74, 6) is -0.800. The minimum absolute atomic E-state index is 0.103. The molecule has 0 saturated heterocycles. The van der Waals surface area contributed by atoms with Gasteiger partial charge in [-0.25, -0.2) is 9.37 Å². The smallest absolute Gasteiger partial charge is 0.230 e. The zero-order chi connectivity index (χ0) is 25.9. The summed E-state index contributed by atoms with van der Waals surface area (Å²) in [6.45, 7) is 8.15. The molecule has 0 aliphatic heterocycles. The second kappa shape index (κ2) is 10.4. The quantitative estimate of drug-likeness (QED) is 0.313. The number of nitrogens with one attached hydrogen (secondary N) is 1. The Morgan fingerprint density at radius 3 is 2.69 bits per heavy atom. The van der Waals surface area contributed by atoms with Crippen molar-refractivity contribution in [2.24, 2.45) is 5.73 Å². The molecule has 0 radical (unpaired) electrons. The lowest BCUT2D eigenvalue weighted by Crippen LogP contribution is -2.15. The number of pyridine rings is 1. The highest BCUT2D eigenvalue weighted by atomic mass is 32.1. The number of hydrogen-bond acceptors (Lipinski definition) is 6. The molecule has 0 aliphatic rings. The van der Waals surface area contributed by atoms with Crippen LogP contribution in [-0.2, 0) is 16.6 Å². The molecule has 3 N–H and O–H groups in total. The van der Waals surface area contributed by atoms with E-state index in [4.69, 9.17) is 5.73 Å². The molecule has 186 valence electrons. The van der Waals surface area contributed by atoms with Crippen LogP contribution in [0.3, 0.4) is 0 Å². The van der Waals surface area contributed by atoms with Crippen molar-refractivity contribution in [3.8, 4) is 11.3 Å². The highest BCUT2D eigenvalue weighted by molar-refractivity contribution is 7.15. The molecule has 0 aliphatic carbocycles. The first-order valence-electron chi connectivity index (χ1n) is 11.7. The van der Waals surface area contributed by atoms with Crippen molar-refractivity contribution in [3.63, 3.8) is 0 Å². The highest BCUT2D eigenvalue weighted by Gasteiger charge is 2.20. The summed E-state index contributed by atoms with van der Waals surface area (Å²) < 4.78 is 16.9. The van der Waals surface area contributed by atoms with Crippen molar-refractivity contribution >= 4 is 33.6 Å². The number of hydrogen-bond donors (Lipinski definition) is 2. The van der Waals surface area contributed by atoms with Gasteiger partial charge in [0.1, 0.15) is 16.5 Å². The van der Waals surface area contributed by atoms with Crippen LogP contribution in [0.4, 0.5) is 9.52 Å². The number of aromatic nitrogens is 4. The van der Waals surface area contributed by atoms with Crippen LogP contribution in [0.15, 0.2) is 61.1 Å². The fourth-order valence-corrected chi connectivity index (χ4v) is 4.56. The van der Waals surface area contributed by atoms with E-state index in [0.29, 0.717) is 16.3 Å². The van der Waals surface area contributed by atoms with Crippen molar-refractivity contribution in [1.29, 1.82) is 0 Å². The minimum atomic E-state index is -0.455. The highest BCUT2D eigenvalue weighted by Crippen LogP contribution is 2.28. The topological polar surface area (TPSA) is 98.2 Å². The van der Waals surface area contributed by atoms with E-state index in [2.05, 4.69) is 33.5 Å². The van der Waals surface area contributed by atoms with E-state index in [-0.39, 0.29) is 17.7 Å². The number of allylic oxidation sites excluding steroid dienone is 3. The van der Waals surface area contributed by atoms with Crippen LogP contribution in [0.2, 0.25) is 0 Å². The van der Waals surface area contributed by atoms with E-state index in [9.17, 15) is 9.18 Å². The maximum atomic E-state index is 15.0. The second-order valence-corrected chi connectivity index (χ2v) is 10.4. The SMILES string of the molecule is CC/C=C(\C=C/N)c1ccn2c(-c3ccc(CC(=O)Nc4nnc(C(C)(C)C)s4)c(F)c3)cnc2c1. The summed E-state index contributed by atoms with van der Waals surface area (Å²) in [6.07, 6.45) is 9.87. The number of nitrogens with zero attached hydrogens (tertiary/aromatic N) is 4. The molecule has 3 aromatic heterocycles. The zero-order valence-electron chi connectivity index (χ0n) is 20.7. The molecule has 1 amide bonds. The fourth-order valence-electron chi connectivity index (χ4n) is 3.74. The van der Waals surface area contributed by atoms with E-state index in [1.165, 1.54) is 23.6 Å². The maximum Gasteiger partial charge on any atom is 0.230 e. The first-order valence-corrected chi connectivity index (χ1v) is 12.5. The molecular weight excluding hydrogens is 475 g/mol. The lowest BCUT2D eigenvalue weighted by Gasteiger charge is -2.12. The van der Waals surface area contributed by atoms with Crippen LogP contribution in [0.25, 0.3) is 22.5 Å². The number of nitrogens with two attached hydrogens (primary N) is 1.